The van der Waals surface area contributed by atoms with Gasteiger partial charge in [-0.2, -0.15) is 0 Å². The van der Waals surface area contributed by atoms with Crippen molar-refractivity contribution in [3.05, 3.63) is 34.6 Å². The second kappa shape index (κ2) is 3.61. The SMILES string of the molecule is NS(=O)(=O)Cc1cc(F)cc(Cl)c1. The van der Waals surface area contributed by atoms with Gasteiger partial charge in [0.15, 0.2) is 0 Å². The first kappa shape index (κ1) is 10.4. The van der Waals surface area contributed by atoms with E-state index in [4.69, 9.17) is 16.7 Å². The van der Waals surface area contributed by atoms with Crippen molar-refractivity contribution in [2.24, 2.45) is 5.14 Å². The van der Waals surface area contributed by atoms with E-state index in [2.05, 4.69) is 0 Å². The fraction of sp³-hybridized carbons (Fsp3) is 0.143. The van der Waals surface area contributed by atoms with Crippen LogP contribution in [-0.4, -0.2) is 8.42 Å². The zero-order valence-electron chi connectivity index (χ0n) is 6.50. The highest BCUT2D eigenvalue weighted by atomic mass is 35.5. The Morgan fingerprint density at radius 1 is 1.38 bits per heavy atom. The smallest absolute Gasteiger partial charge is 0.213 e. The number of primary sulfonamides is 1. The first-order chi connectivity index (χ1) is 5.87. The molecule has 72 valence electrons. The van der Waals surface area contributed by atoms with Crippen molar-refractivity contribution in [2.75, 3.05) is 0 Å². The lowest BCUT2D eigenvalue weighted by Crippen LogP contribution is -2.14. The van der Waals surface area contributed by atoms with Crippen LogP contribution in [0.4, 0.5) is 4.39 Å². The van der Waals surface area contributed by atoms with Gasteiger partial charge in [0.25, 0.3) is 0 Å². The fourth-order valence-electron chi connectivity index (χ4n) is 0.927. The van der Waals surface area contributed by atoms with Crippen LogP contribution in [0.5, 0.6) is 0 Å². The van der Waals surface area contributed by atoms with E-state index in [9.17, 15) is 12.8 Å². The predicted molar refractivity (Wildman–Crippen MR) is 48.2 cm³/mol. The van der Waals surface area contributed by atoms with E-state index in [-0.39, 0.29) is 10.6 Å². The van der Waals surface area contributed by atoms with Gasteiger partial charge in [0.05, 0.1) is 5.75 Å². The number of benzene rings is 1. The van der Waals surface area contributed by atoms with Gasteiger partial charge in [-0.05, 0) is 23.8 Å². The summed E-state index contributed by atoms with van der Waals surface area (Å²) in [5, 5.41) is 4.93. The molecule has 0 fully saturated rings. The summed E-state index contributed by atoms with van der Waals surface area (Å²) in [6, 6.07) is 3.53. The number of nitrogens with two attached hydrogens (primary N) is 1. The summed E-state index contributed by atoms with van der Waals surface area (Å²) in [7, 11) is -3.64. The molecule has 0 aromatic heterocycles. The minimum absolute atomic E-state index is 0.152. The molecule has 0 bridgehead atoms. The average Bonchev–Trinajstić information content (AvgIpc) is 1.78. The molecule has 0 heterocycles. The highest BCUT2D eigenvalue weighted by Gasteiger charge is 2.06. The molecule has 3 nitrogen and oxygen atoms in total. The molecule has 0 atom stereocenters. The molecule has 13 heavy (non-hydrogen) atoms. The van der Waals surface area contributed by atoms with Crippen molar-refractivity contribution in [1.82, 2.24) is 0 Å². The molecule has 0 amide bonds. The lowest BCUT2D eigenvalue weighted by atomic mass is 10.2. The van der Waals surface area contributed by atoms with Gasteiger partial charge in [-0.25, -0.2) is 17.9 Å². The zero-order chi connectivity index (χ0) is 10.1. The maximum atomic E-state index is 12.7. The van der Waals surface area contributed by atoms with Gasteiger partial charge in [0.1, 0.15) is 5.82 Å². The van der Waals surface area contributed by atoms with Crippen LogP contribution in [0.3, 0.4) is 0 Å². The average molecular weight is 224 g/mol. The maximum absolute atomic E-state index is 12.7. The van der Waals surface area contributed by atoms with E-state index < -0.39 is 21.6 Å². The van der Waals surface area contributed by atoms with Gasteiger partial charge in [-0.15, -0.1) is 0 Å². The monoisotopic (exact) mass is 223 g/mol. The third-order valence-corrected chi connectivity index (χ3v) is 2.24. The number of rotatable bonds is 2. The van der Waals surface area contributed by atoms with E-state index >= 15 is 0 Å². The van der Waals surface area contributed by atoms with Crippen LogP contribution >= 0.6 is 11.6 Å². The molecule has 1 aromatic rings. The molecule has 1 aromatic carbocycles. The molecule has 0 aliphatic rings. The van der Waals surface area contributed by atoms with Crippen LogP contribution in [0.15, 0.2) is 18.2 Å². The van der Waals surface area contributed by atoms with Crippen molar-refractivity contribution >= 4 is 21.6 Å². The Bertz CT molecular complexity index is 398. The Hall–Kier alpha value is -0.650. The third kappa shape index (κ3) is 3.71. The first-order valence-electron chi connectivity index (χ1n) is 3.32. The molecule has 0 spiro atoms. The summed E-state index contributed by atoms with van der Waals surface area (Å²) < 4.78 is 34.0. The lowest BCUT2D eigenvalue weighted by Gasteiger charge is -2.00. The van der Waals surface area contributed by atoms with Crippen LogP contribution in [0, 0.1) is 5.82 Å². The first-order valence-corrected chi connectivity index (χ1v) is 5.41. The summed E-state index contributed by atoms with van der Waals surface area (Å²) in [5.41, 5.74) is 0.243. The van der Waals surface area contributed by atoms with Gasteiger partial charge in [-0.1, -0.05) is 11.6 Å². The molecule has 0 unspecified atom stereocenters. The van der Waals surface area contributed by atoms with Crippen molar-refractivity contribution in [3.8, 4) is 0 Å². The van der Waals surface area contributed by atoms with Crippen LogP contribution in [0.25, 0.3) is 0 Å². The Morgan fingerprint density at radius 3 is 2.46 bits per heavy atom. The molecule has 0 saturated heterocycles. The number of hydrogen-bond donors (Lipinski definition) is 1. The summed E-state index contributed by atoms with van der Waals surface area (Å²) in [6.45, 7) is 0. The van der Waals surface area contributed by atoms with Gasteiger partial charge >= 0.3 is 0 Å². The highest BCUT2D eigenvalue weighted by molar-refractivity contribution is 7.88. The second-order valence-corrected chi connectivity index (χ2v) is 4.64. The van der Waals surface area contributed by atoms with Crippen molar-refractivity contribution < 1.29 is 12.8 Å². The topological polar surface area (TPSA) is 60.2 Å². The van der Waals surface area contributed by atoms with Crippen LogP contribution < -0.4 is 5.14 Å². The molecular weight excluding hydrogens is 217 g/mol. The minimum atomic E-state index is -3.64. The number of halogens is 2. The normalized spacial score (nSPS) is 11.6. The molecule has 0 aliphatic heterocycles. The van der Waals surface area contributed by atoms with Gasteiger partial charge in [-0.3, -0.25) is 0 Å². The minimum Gasteiger partial charge on any atom is -0.228 e. The summed E-state index contributed by atoms with van der Waals surface area (Å²) >= 11 is 5.50. The molecule has 0 radical (unpaired) electrons. The predicted octanol–water partition coefficient (Wildman–Crippen LogP) is 1.27. The fourth-order valence-corrected chi connectivity index (χ4v) is 1.80. The Kier molecular flexibility index (Phi) is 2.90. The zero-order valence-corrected chi connectivity index (χ0v) is 8.07. The van der Waals surface area contributed by atoms with Crippen molar-refractivity contribution in [3.63, 3.8) is 0 Å². The second-order valence-electron chi connectivity index (χ2n) is 2.58. The molecule has 0 aliphatic carbocycles. The Morgan fingerprint density at radius 2 is 2.00 bits per heavy atom. The van der Waals surface area contributed by atoms with Crippen LogP contribution in [-0.2, 0) is 15.8 Å². The highest BCUT2D eigenvalue weighted by Crippen LogP contribution is 2.15. The maximum Gasteiger partial charge on any atom is 0.213 e. The van der Waals surface area contributed by atoms with Gasteiger partial charge < -0.3 is 0 Å². The molecule has 2 N–H and O–H groups in total. The summed E-state index contributed by atoms with van der Waals surface area (Å²) in [5.74, 6) is -0.990. The van der Waals surface area contributed by atoms with E-state index in [0.29, 0.717) is 0 Å². The molecule has 6 heteroatoms. The number of hydrogen-bond acceptors (Lipinski definition) is 2. The van der Waals surface area contributed by atoms with E-state index in [1.165, 1.54) is 6.07 Å². The Labute approximate surface area is 80.4 Å². The van der Waals surface area contributed by atoms with Crippen molar-refractivity contribution in [2.45, 2.75) is 5.75 Å². The standard InChI is InChI=1S/C7H7ClFNO2S/c8-6-1-5(2-7(9)3-6)4-13(10,11)12/h1-3H,4H2,(H2,10,11,12). The van der Waals surface area contributed by atoms with Gasteiger partial charge in [0.2, 0.25) is 10.0 Å². The van der Waals surface area contributed by atoms with Crippen molar-refractivity contribution in [1.29, 1.82) is 0 Å². The van der Waals surface area contributed by atoms with Crippen LogP contribution in [0.1, 0.15) is 5.56 Å². The summed E-state index contributed by atoms with van der Waals surface area (Å²) in [4.78, 5) is 0. The largest absolute Gasteiger partial charge is 0.228 e. The van der Waals surface area contributed by atoms with Crippen LogP contribution in [0.2, 0.25) is 5.02 Å². The van der Waals surface area contributed by atoms with Gasteiger partial charge in [0, 0.05) is 5.02 Å². The molecule has 1 rings (SSSR count). The van der Waals surface area contributed by atoms with E-state index in [1.807, 2.05) is 0 Å². The van der Waals surface area contributed by atoms with E-state index in [1.54, 1.807) is 0 Å². The quantitative estimate of drug-likeness (QED) is 0.821. The molecule has 0 saturated carbocycles. The Balaban J connectivity index is 3.03. The number of sulfonamides is 1. The third-order valence-electron chi connectivity index (χ3n) is 1.29. The van der Waals surface area contributed by atoms with E-state index in [0.717, 1.165) is 12.1 Å². The summed E-state index contributed by atoms with van der Waals surface area (Å²) in [6.07, 6.45) is 0. The lowest BCUT2D eigenvalue weighted by molar-refractivity contribution is 0.596. The molecular formula is C7H7ClFNO2S.